The number of nitrogens with zero attached hydrogens (tertiary/aromatic N) is 1. The Bertz CT molecular complexity index is 346. The summed E-state index contributed by atoms with van der Waals surface area (Å²) in [6.07, 6.45) is 3.27. The van der Waals surface area contributed by atoms with Crippen LogP contribution in [0.3, 0.4) is 0 Å². The highest BCUT2D eigenvalue weighted by atomic mass is 32.1. The van der Waals surface area contributed by atoms with Crippen LogP contribution in [-0.4, -0.2) is 10.9 Å². The number of primary amides is 1. The standard InChI is InChI=1S/C8H9FN2OS/c9-8(2-1-3-8)7-11-4-5(13-7)6(10)12/h4H,1-3H2,(H2,10,12). The minimum Gasteiger partial charge on any atom is -0.365 e. The first-order valence-corrected chi connectivity index (χ1v) is 4.88. The van der Waals surface area contributed by atoms with Crippen LogP contribution in [0.4, 0.5) is 4.39 Å². The van der Waals surface area contributed by atoms with Gasteiger partial charge in [0.05, 0.1) is 6.20 Å². The molecule has 3 nitrogen and oxygen atoms in total. The normalized spacial score (nSPS) is 19.5. The average Bonchev–Trinajstić information content (AvgIpc) is 2.48. The van der Waals surface area contributed by atoms with Crippen LogP contribution in [0.2, 0.25) is 0 Å². The molecule has 0 radical (unpaired) electrons. The van der Waals surface area contributed by atoms with Gasteiger partial charge >= 0.3 is 0 Å². The van der Waals surface area contributed by atoms with Crippen molar-refractivity contribution in [1.82, 2.24) is 4.98 Å². The van der Waals surface area contributed by atoms with Crippen LogP contribution < -0.4 is 5.73 Å². The highest BCUT2D eigenvalue weighted by molar-refractivity contribution is 7.13. The molecule has 13 heavy (non-hydrogen) atoms. The van der Waals surface area contributed by atoms with E-state index < -0.39 is 11.6 Å². The number of hydrogen-bond donors (Lipinski definition) is 1. The second-order valence-corrected chi connectivity index (χ2v) is 4.24. The van der Waals surface area contributed by atoms with Crippen LogP contribution in [-0.2, 0) is 5.67 Å². The fraction of sp³-hybridized carbons (Fsp3) is 0.500. The van der Waals surface area contributed by atoms with E-state index in [1.165, 1.54) is 6.20 Å². The summed E-state index contributed by atoms with van der Waals surface area (Å²) in [5.41, 5.74) is 3.76. The van der Waals surface area contributed by atoms with E-state index in [0.717, 1.165) is 17.8 Å². The van der Waals surface area contributed by atoms with Gasteiger partial charge in [-0.05, 0) is 19.3 Å². The van der Waals surface area contributed by atoms with Gasteiger partial charge in [-0.25, -0.2) is 9.37 Å². The van der Waals surface area contributed by atoms with Crippen molar-refractivity contribution in [3.8, 4) is 0 Å². The molecule has 0 aliphatic heterocycles. The molecule has 1 fully saturated rings. The molecule has 5 heteroatoms. The summed E-state index contributed by atoms with van der Waals surface area (Å²) < 4.78 is 13.7. The van der Waals surface area contributed by atoms with E-state index in [1.54, 1.807) is 0 Å². The van der Waals surface area contributed by atoms with Gasteiger partial charge in [0.25, 0.3) is 5.91 Å². The number of alkyl halides is 1. The Morgan fingerprint density at radius 1 is 1.69 bits per heavy atom. The number of thiazole rings is 1. The van der Waals surface area contributed by atoms with E-state index >= 15 is 0 Å². The molecule has 0 spiro atoms. The van der Waals surface area contributed by atoms with Crippen molar-refractivity contribution in [2.45, 2.75) is 24.9 Å². The van der Waals surface area contributed by atoms with Crippen LogP contribution in [0.15, 0.2) is 6.20 Å². The van der Waals surface area contributed by atoms with Gasteiger partial charge in [-0.15, -0.1) is 11.3 Å². The van der Waals surface area contributed by atoms with Crippen molar-refractivity contribution in [2.24, 2.45) is 5.73 Å². The molecular formula is C8H9FN2OS. The van der Waals surface area contributed by atoms with E-state index in [4.69, 9.17) is 5.73 Å². The molecule has 1 aromatic rings. The first kappa shape index (κ1) is 8.62. The first-order valence-electron chi connectivity index (χ1n) is 4.07. The maximum atomic E-state index is 13.7. The molecule has 0 aromatic carbocycles. The summed E-state index contributed by atoms with van der Waals surface area (Å²) >= 11 is 1.06. The summed E-state index contributed by atoms with van der Waals surface area (Å²) in [5, 5.41) is 0.396. The zero-order chi connectivity index (χ0) is 9.47. The Hall–Kier alpha value is -0.970. The predicted octanol–water partition coefficient (Wildman–Crippen LogP) is 1.59. The van der Waals surface area contributed by atoms with Gasteiger partial charge in [0, 0.05) is 0 Å². The molecule has 1 amide bonds. The zero-order valence-electron chi connectivity index (χ0n) is 6.92. The lowest BCUT2D eigenvalue weighted by Gasteiger charge is -2.31. The topological polar surface area (TPSA) is 56.0 Å². The minimum atomic E-state index is -1.28. The van der Waals surface area contributed by atoms with Crippen molar-refractivity contribution in [2.75, 3.05) is 0 Å². The van der Waals surface area contributed by atoms with Crippen molar-refractivity contribution >= 4 is 17.2 Å². The third kappa shape index (κ3) is 1.33. The second kappa shape index (κ2) is 2.77. The number of rotatable bonds is 2. The van der Waals surface area contributed by atoms with Gasteiger partial charge in [0.15, 0.2) is 5.67 Å². The number of halogens is 1. The quantitative estimate of drug-likeness (QED) is 0.788. The van der Waals surface area contributed by atoms with Gasteiger partial charge in [0.1, 0.15) is 9.88 Å². The van der Waals surface area contributed by atoms with Gasteiger partial charge in [-0.1, -0.05) is 0 Å². The third-order valence-electron chi connectivity index (χ3n) is 2.28. The summed E-state index contributed by atoms with van der Waals surface area (Å²) in [7, 11) is 0. The van der Waals surface area contributed by atoms with Crippen molar-refractivity contribution < 1.29 is 9.18 Å². The Balaban J connectivity index is 2.27. The Kier molecular flexibility index (Phi) is 1.83. The number of hydrogen-bond acceptors (Lipinski definition) is 3. The maximum absolute atomic E-state index is 13.7. The summed E-state index contributed by atoms with van der Waals surface area (Å²) in [6.45, 7) is 0. The molecule has 0 saturated heterocycles. The van der Waals surface area contributed by atoms with Crippen LogP contribution >= 0.6 is 11.3 Å². The monoisotopic (exact) mass is 200 g/mol. The second-order valence-electron chi connectivity index (χ2n) is 3.21. The van der Waals surface area contributed by atoms with Crippen molar-refractivity contribution in [3.05, 3.63) is 16.1 Å². The minimum absolute atomic E-state index is 0.332. The molecule has 0 unspecified atom stereocenters. The van der Waals surface area contributed by atoms with E-state index in [1.807, 2.05) is 0 Å². The SMILES string of the molecule is NC(=O)c1cnc(C2(F)CCC2)s1. The largest absolute Gasteiger partial charge is 0.365 e. The number of carbonyl (C=O) groups excluding carboxylic acids is 1. The maximum Gasteiger partial charge on any atom is 0.260 e. The van der Waals surface area contributed by atoms with Crippen LogP contribution in [0, 0.1) is 0 Å². The summed E-state index contributed by atoms with van der Waals surface area (Å²) in [5.74, 6) is -0.535. The zero-order valence-corrected chi connectivity index (χ0v) is 7.73. The molecule has 1 aliphatic rings. The molecule has 2 rings (SSSR count). The molecular weight excluding hydrogens is 191 g/mol. The highest BCUT2D eigenvalue weighted by Gasteiger charge is 2.41. The Morgan fingerprint density at radius 3 is 2.77 bits per heavy atom. The van der Waals surface area contributed by atoms with E-state index in [0.29, 0.717) is 22.7 Å². The van der Waals surface area contributed by atoms with Crippen LogP contribution in [0.25, 0.3) is 0 Å². The highest BCUT2D eigenvalue weighted by Crippen LogP contribution is 2.46. The molecule has 0 bridgehead atoms. The van der Waals surface area contributed by atoms with Gasteiger partial charge in [0.2, 0.25) is 0 Å². The lowest BCUT2D eigenvalue weighted by molar-refractivity contribution is 0.0606. The summed E-state index contributed by atoms with van der Waals surface area (Å²) in [6, 6.07) is 0. The Labute approximate surface area is 78.8 Å². The van der Waals surface area contributed by atoms with E-state index in [-0.39, 0.29) is 0 Å². The molecule has 1 heterocycles. The molecule has 1 aromatic heterocycles. The lowest BCUT2D eigenvalue weighted by Crippen LogP contribution is -2.28. The number of nitrogens with two attached hydrogens (primary N) is 1. The molecule has 1 saturated carbocycles. The molecule has 1 aliphatic carbocycles. The van der Waals surface area contributed by atoms with E-state index in [9.17, 15) is 9.18 Å². The smallest absolute Gasteiger partial charge is 0.260 e. The van der Waals surface area contributed by atoms with Crippen molar-refractivity contribution in [1.29, 1.82) is 0 Å². The number of amides is 1. The van der Waals surface area contributed by atoms with Gasteiger partial charge in [-0.3, -0.25) is 4.79 Å². The number of aromatic nitrogens is 1. The van der Waals surface area contributed by atoms with Crippen LogP contribution in [0.1, 0.15) is 33.9 Å². The number of carbonyl (C=O) groups is 1. The molecule has 70 valence electrons. The average molecular weight is 200 g/mol. The Morgan fingerprint density at radius 2 is 2.38 bits per heavy atom. The molecule has 0 atom stereocenters. The van der Waals surface area contributed by atoms with Gasteiger partial charge < -0.3 is 5.73 Å². The fourth-order valence-corrected chi connectivity index (χ4v) is 2.20. The van der Waals surface area contributed by atoms with E-state index in [2.05, 4.69) is 4.98 Å². The van der Waals surface area contributed by atoms with Crippen LogP contribution in [0.5, 0.6) is 0 Å². The van der Waals surface area contributed by atoms with Crippen molar-refractivity contribution in [3.63, 3.8) is 0 Å². The first-order chi connectivity index (χ1) is 6.12. The third-order valence-corrected chi connectivity index (χ3v) is 3.47. The summed E-state index contributed by atoms with van der Waals surface area (Å²) in [4.78, 5) is 14.9. The predicted molar refractivity (Wildman–Crippen MR) is 47.3 cm³/mol. The lowest BCUT2D eigenvalue weighted by atomic mass is 9.83. The fourth-order valence-electron chi connectivity index (χ4n) is 1.30. The molecule has 2 N–H and O–H groups in total. The van der Waals surface area contributed by atoms with Gasteiger partial charge in [-0.2, -0.15) is 0 Å².